The Balaban J connectivity index is 1.89. The molecule has 2 aliphatic heterocycles. The molecule has 1 amide bonds. The van der Waals surface area contributed by atoms with Gasteiger partial charge in [0.05, 0.1) is 5.92 Å². The highest BCUT2D eigenvalue weighted by molar-refractivity contribution is 5.98. The first kappa shape index (κ1) is 11.0. The van der Waals surface area contributed by atoms with Gasteiger partial charge in [-0.1, -0.05) is 6.92 Å². The van der Waals surface area contributed by atoms with Gasteiger partial charge in [-0.15, -0.1) is 0 Å². The van der Waals surface area contributed by atoms with Crippen molar-refractivity contribution in [1.29, 1.82) is 0 Å². The average Bonchev–Trinajstić information content (AvgIpc) is 2.94. The number of ether oxygens (including phenoxy) is 1. The molecule has 4 aliphatic rings. The summed E-state index contributed by atoms with van der Waals surface area (Å²) in [4.78, 5) is 26.8. The van der Waals surface area contributed by atoms with Gasteiger partial charge in [-0.05, 0) is 26.7 Å². The van der Waals surface area contributed by atoms with E-state index < -0.39 is 5.72 Å². The van der Waals surface area contributed by atoms with E-state index in [0.717, 1.165) is 12.8 Å². The zero-order chi connectivity index (χ0) is 12.8. The minimum Gasteiger partial charge on any atom is -0.344 e. The highest BCUT2D eigenvalue weighted by atomic mass is 16.5. The maximum atomic E-state index is 12.7. The summed E-state index contributed by atoms with van der Waals surface area (Å²) in [6.07, 6.45) is 1.47. The van der Waals surface area contributed by atoms with Crippen molar-refractivity contribution in [3.8, 4) is 0 Å². The minimum atomic E-state index is -0.480. The predicted octanol–water partition coefficient (Wildman–Crippen LogP) is 1.19. The number of likely N-dealkylation sites (tertiary alicyclic amines) is 1. The molecule has 2 bridgehead atoms. The second kappa shape index (κ2) is 2.98. The van der Waals surface area contributed by atoms with Gasteiger partial charge < -0.3 is 9.64 Å². The summed E-state index contributed by atoms with van der Waals surface area (Å²) in [7, 11) is 0. The molecule has 4 fully saturated rings. The van der Waals surface area contributed by atoms with Gasteiger partial charge in [-0.25, -0.2) is 0 Å². The van der Waals surface area contributed by atoms with Gasteiger partial charge in [-0.3, -0.25) is 9.59 Å². The highest BCUT2D eigenvalue weighted by Gasteiger charge is 2.78. The smallest absolute Gasteiger partial charge is 0.229 e. The fourth-order valence-corrected chi connectivity index (χ4v) is 5.26. The minimum absolute atomic E-state index is 0.0466. The molecule has 18 heavy (non-hydrogen) atoms. The molecule has 0 spiro atoms. The van der Waals surface area contributed by atoms with Crippen LogP contribution in [-0.2, 0) is 14.3 Å². The molecular weight excluding hydrogens is 230 g/mol. The number of amides is 1. The molecule has 0 aromatic heterocycles. The Kier molecular flexibility index (Phi) is 1.82. The molecule has 2 saturated heterocycles. The van der Waals surface area contributed by atoms with Crippen LogP contribution in [0, 0.1) is 23.7 Å². The normalized spacial score (nSPS) is 52.2. The van der Waals surface area contributed by atoms with Crippen LogP contribution in [-0.4, -0.2) is 34.5 Å². The third kappa shape index (κ3) is 0.859. The first-order chi connectivity index (χ1) is 8.53. The molecule has 0 N–H and O–H groups in total. The van der Waals surface area contributed by atoms with Crippen molar-refractivity contribution in [2.75, 3.05) is 0 Å². The Morgan fingerprint density at radius 3 is 2.78 bits per heavy atom. The summed E-state index contributed by atoms with van der Waals surface area (Å²) in [5, 5.41) is 0. The predicted molar refractivity (Wildman–Crippen MR) is 63.5 cm³/mol. The Morgan fingerprint density at radius 1 is 1.44 bits per heavy atom. The largest absolute Gasteiger partial charge is 0.344 e. The zero-order valence-electron chi connectivity index (χ0n) is 11.1. The van der Waals surface area contributed by atoms with E-state index in [4.69, 9.17) is 4.74 Å². The van der Waals surface area contributed by atoms with E-state index in [1.807, 2.05) is 18.7 Å². The number of carbonyl (C=O) groups excluding carboxylic acids is 2. The monoisotopic (exact) mass is 249 g/mol. The lowest BCUT2D eigenvalue weighted by Gasteiger charge is -2.40. The lowest BCUT2D eigenvalue weighted by molar-refractivity contribution is -0.177. The van der Waals surface area contributed by atoms with E-state index in [-0.39, 0.29) is 41.6 Å². The van der Waals surface area contributed by atoms with Crippen molar-refractivity contribution in [2.24, 2.45) is 23.7 Å². The summed E-state index contributed by atoms with van der Waals surface area (Å²) >= 11 is 0. The van der Waals surface area contributed by atoms with E-state index in [9.17, 15) is 9.59 Å². The molecule has 2 saturated carbocycles. The van der Waals surface area contributed by atoms with E-state index in [2.05, 4.69) is 6.92 Å². The standard InChI is InChI=1S/C14H19NO3/c1-4-14-10-8-5-7(11(16)12(8)18-14)9(10)13(17)15(14)6(2)3/h6-10,12H,4-5H2,1-3H3. The summed E-state index contributed by atoms with van der Waals surface area (Å²) in [5.74, 6) is 0.813. The third-order valence-corrected chi connectivity index (χ3v) is 5.65. The molecule has 0 aromatic carbocycles. The molecule has 4 heteroatoms. The van der Waals surface area contributed by atoms with Gasteiger partial charge in [0.25, 0.3) is 0 Å². The number of Topliss-reactive ketones (excluding diaryl/α,β-unsaturated/α-hetero) is 1. The summed E-state index contributed by atoms with van der Waals surface area (Å²) in [6, 6.07) is 0.149. The quantitative estimate of drug-likeness (QED) is 0.738. The van der Waals surface area contributed by atoms with Crippen molar-refractivity contribution in [2.45, 2.75) is 51.5 Å². The fraction of sp³-hybridized carbons (Fsp3) is 0.857. The lowest BCUT2D eigenvalue weighted by Crippen LogP contribution is -2.53. The summed E-state index contributed by atoms with van der Waals surface area (Å²) in [5.41, 5.74) is -0.480. The summed E-state index contributed by atoms with van der Waals surface area (Å²) in [6.45, 7) is 6.16. The van der Waals surface area contributed by atoms with Crippen LogP contribution >= 0.6 is 0 Å². The summed E-state index contributed by atoms with van der Waals surface area (Å²) < 4.78 is 6.18. The van der Waals surface area contributed by atoms with E-state index in [0.29, 0.717) is 5.92 Å². The van der Waals surface area contributed by atoms with Crippen LogP contribution in [0.2, 0.25) is 0 Å². The zero-order valence-corrected chi connectivity index (χ0v) is 11.1. The van der Waals surface area contributed by atoms with Gasteiger partial charge in [0.1, 0.15) is 11.8 Å². The molecule has 2 aliphatic carbocycles. The van der Waals surface area contributed by atoms with Crippen LogP contribution < -0.4 is 0 Å². The number of fused-ring (bicyclic) bond motifs is 2. The molecule has 98 valence electrons. The van der Waals surface area contributed by atoms with Gasteiger partial charge in [0.15, 0.2) is 5.78 Å². The van der Waals surface area contributed by atoms with Crippen LogP contribution in [0.1, 0.15) is 33.6 Å². The number of hydrogen-bond acceptors (Lipinski definition) is 3. The highest BCUT2D eigenvalue weighted by Crippen LogP contribution is 2.67. The van der Waals surface area contributed by atoms with Crippen LogP contribution in [0.4, 0.5) is 0 Å². The van der Waals surface area contributed by atoms with Crippen LogP contribution in [0.25, 0.3) is 0 Å². The van der Waals surface area contributed by atoms with Crippen molar-refractivity contribution in [3.05, 3.63) is 0 Å². The van der Waals surface area contributed by atoms with Crippen molar-refractivity contribution < 1.29 is 14.3 Å². The van der Waals surface area contributed by atoms with Gasteiger partial charge in [0.2, 0.25) is 5.91 Å². The lowest BCUT2D eigenvalue weighted by atomic mass is 9.77. The SMILES string of the molecule is CCC12OC3C(=O)C4CC3C1C4C(=O)N2C(C)C. The fourth-order valence-electron chi connectivity index (χ4n) is 5.26. The van der Waals surface area contributed by atoms with Gasteiger partial charge >= 0.3 is 0 Å². The molecule has 2 heterocycles. The van der Waals surface area contributed by atoms with Crippen LogP contribution in [0.5, 0.6) is 0 Å². The first-order valence-corrected chi connectivity index (χ1v) is 7.07. The number of carbonyl (C=O) groups is 2. The van der Waals surface area contributed by atoms with Gasteiger partial charge in [0, 0.05) is 23.8 Å². The molecule has 0 aromatic rings. The number of nitrogens with zero attached hydrogens (tertiary/aromatic N) is 1. The maximum Gasteiger partial charge on any atom is 0.229 e. The first-order valence-electron chi connectivity index (χ1n) is 7.07. The van der Waals surface area contributed by atoms with E-state index in [1.54, 1.807) is 0 Å². The molecular formula is C14H19NO3. The van der Waals surface area contributed by atoms with E-state index in [1.165, 1.54) is 0 Å². The van der Waals surface area contributed by atoms with Crippen LogP contribution in [0.3, 0.4) is 0 Å². The Morgan fingerprint density at radius 2 is 2.17 bits per heavy atom. The third-order valence-electron chi connectivity index (χ3n) is 5.65. The average molecular weight is 249 g/mol. The molecule has 4 rings (SSSR count). The van der Waals surface area contributed by atoms with Crippen molar-refractivity contribution >= 4 is 11.7 Å². The molecule has 4 nitrogen and oxygen atoms in total. The van der Waals surface area contributed by atoms with E-state index >= 15 is 0 Å². The van der Waals surface area contributed by atoms with Crippen LogP contribution in [0.15, 0.2) is 0 Å². The second-order valence-electron chi connectivity index (χ2n) is 6.50. The molecule has 6 atom stereocenters. The van der Waals surface area contributed by atoms with Gasteiger partial charge in [-0.2, -0.15) is 0 Å². The number of ketones is 1. The Bertz CT molecular complexity index is 460. The number of hydrogen-bond donors (Lipinski definition) is 0. The van der Waals surface area contributed by atoms with Crippen molar-refractivity contribution in [1.82, 2.24) is 4.90 Å². The molecule has 0 radical (unpaired) electrons. The molecule has 6 unspecified atom stereocenters. The maximum absolute atomic E-state index is 12.7. The second-order valence-corrected chi connectivity index (χ2v) is 6.50. The van der Waals surface area contributed by atoms with Crippen molar-refractivity contribution in [3.63, 3.8) is 0 Å². The Hall–Kier alpha value is -0.900. The Labute approximate surface area is 107 Å². The number of rotatable bonds is 2. The topological polar surface area (TPSA) is 46.6 Å².